The molecule has 96 valence electrons. The van der Waals surface area contributed by atoms with Crippen LogP contribution in [-0.2, 0) is 9.47 Å². The lowest BCUT2D eigenvalue weighted by atomic mass is 9.99. The highest BCUT2D eigenvalue weighted by atomic mass is 16.7. The fraction of sp³-hybridized carbons (Fsp3) is 1.00. The second-order valence-corrected chi connectivity index (χ2v) is 4.05. The van der Waals surface area contributed by atoms with Gasteiger partial charge in [-0.1, -0.05) is 6.92 Å². The lowest BCUT2D eigenvalue weighted by Gasteiger charge is -2.40. The van der Waals surface area contributed by atoms with Gasteiger partial charge in [-0.2, -0.15) is 0 Å². The van der Waals surface area contributed by atoms with Crippen LogP contribution in [0.15, 0.2) is 0 Å². The van der Waals surface area contributed by atoms with Gasteiger partial charge in [0.2, 0.25) is 0 Å². The van der Waals surface area contributed by atoms with Crippen molar-refractivity contribution >= 4 is 0 Å². The topological polar surface area (TPSA) is 99.4 Å². The van der Waals surface area contributed by atoms with Crippen LogP contribution in [0.4, 0.5) is 0 Å². The van der Waals surface area contributed by atoms with Crippen molar-refractivity contribution in [2.75, 3.05) is 6.61 Å². The Balaban J connectivity index is 2.63. The first-order valence-electron chi connectivity index (χ1n) is 5.47. The third kappa shape index (κ3) is 2.91. The molecule has 0 radical (unpaired) electrons. The lowest BCUT2D eigenvalue weighted by Crippen LogP contribution is -2.59. The first kappa shape index (κ1) is 13.8. The largest absolute Gasteiger partial charge is 0.394 e. The molecule has 1 heterocycles. The van der Waals surface area contributed by atoms with E-state index in [1.54, 1.807) is 6.92 Å². The number of aliphatic hydroxyl groups is 4. The van der Waals surface area contributed by atoms with Crippen LogP contribution in [0.3, 0.4) is 0 Å². The van der Waals surface area contributed by atoms with Crippen molar-refractivity contribution in [1.82, 2.24) is 0 Å². The monoisotopic (exact) mass is 236 g/mol. The number of hydrogen-bond acceptors (Lipinski definition) is 6. The normalized spacial score (nSPS) is 42.0. The van der Waals surface area contributed by atoms with Crippen molar-refractivity contribution in [3.8, 4) is 0 Å². The summed E-state index contributed by atoms with van der Waals surface area (Å²) in [7, 11) is 0. The summed E-state index contributed by atoms with van der Waals surface area (Å²) in [5.41, 5.74) is 0. The molecule has 1 unspecified atom stereocenters. The van der Waals surface area contributed by atoms with E-state index in [9.17, 15) is 15.3 Å². The molecule has 1 saturated heterocycles. The third-order valence-corrected chi connectivity index (χ3v) is 2.79. The second kappa shape index (κ2) is 5.90. The Morgan fingerprint density at radius 3 is 2.31 bits per heavy atom. The van der Waals surface area contributed by atoms with Crippen molar-refractivity contribution in [3.63, 3.8) is 0 Å². The molecular formula is C10H20O6. The molecule has 0 aromatic heterocycles. The van der Waals surface area contributed by atoms with E-state index < -0.39 is 37.3 Å². The molecule has 16 heavy (non-hydrogen) atoms. The fourth-order valence-corrected chi connectivity index (χ4v) is 1.50. The second-order valence-electron chi connectivity index (χ2n) is 4.05. The molecule has 0 bridgehead atoms. The average molecular weight is 236 g/mol. The van der Waals surface area contributed by atoms with Gasteiger partial charge in [0.25, 0.3) is 0 Å². The highest BCUT2D eigenvalue weighted by molar-refractivity contribution is 4.89. The maximum atomic E-state index is 9.62. The number of hydrogen-bond donors (Lipinski definition) is 4. The van der Waals surface area contributed by atoms with E-state index in [2.05, 4.69) is 0 Å². The molecule has 0 spiro atoms. The van der Waals surface area contributed by atoms with Crippen molar-refractivity contribution in [2.45, 2.75) is 57.1 Å². The molecule has 1 aliphatic heterocycles. The maximum Gasteiger partial charge on any atom is 0.186 e. The lowest BCUT2D eigenvalue weighted by molar-refractivity contribution is -0.310. The van der Waals surface area contributed by atoms with E-state index >= 15 is 0 Å². The van der Waals surface area contributed by atoms with Crippen LogP contribution in [0.1, 0.15) is 20.3 Å². The Kier molecular flexibility index (Phi) is 5.10. The van der Waals surface area contributed by atoms with Gasteiger partial charge in [-0.05, 0) is 13.3 Å². The van der Waals surface area contributed by atoms with Crippen LogP contribution >= 0.6 is 0 Å². The standard InChI is InChI=1S/C10H20O6/c1-3-5(2)15-10-9(14)8(13)7(12)6(4-11)16-10/h5-14H,3-4H2,1-2H3/t5?,6-,7-,8+,9-,10-/m1/s1. The summed E-state index contributed by atoms with van der Waals surface area (Å²) in [4.78, 5) is 0. The molecule has 0 saturated carbocycles. The van der Waals surface area contributed by atoms with Crippen LogP contribution in [0.2, 0.25) is 0 Å². The first-order chi connectivity index (χ1) is 7.51. The van der Waals surface area contributed by atoms with Crippen molar-refractivity contribution < 1.29 is 29.9 Å². The fourth-order valence-electron chi connectivity index (χ4n) is 1.50. The summed E-state index contributed by atoms with van der Waals surface area (Å²) in [5, 5.41) is 37.6. The van der Waals surface area contributed by atoms with Gasteiger partial charge in [0.15, 0.2) is 6.29 Å². The zero-order chi connectivity index (χ0) is 12.3. The van der Waals surface area contributed by atoms with Gasteiger partial charge >= 0.3 is 0 Å². The SMILES string of the molecule is CCC(C)O[C@@H]1O[C@H](CO)[C@@H](O)[C@H](O)[C@H]1O. The van der Waals surface area contributed by atoms with E-state index in [1.807, 2.05) is 6.92 Å². The van der Waals surface area contributed by atoms with Crippen LogP contribution in [0, 0.1) is 0 Å². The predicted molar refractivity (Wildman–Crippen MR) is 54.6 cm³/mol. The Hall–Kier alpha value is -0.240. The Morgan fingerprint density at radius 2 is 1.81 bits per heavy atom. The van der Waals surface area contributed by atoms with Crippen molar-refractivity contribution in [2.24, 2.45) is 0 Å². The molecule has 0 aromatic rings. The van der Waals surface area contributed by atoms with Gasteiger partial charge in [0.05, 0.1) is 12.7 Å². The van der Waals surface area contributed by atoms with Gasteiger partial charge in [-0.3, -0.25) is 0 Å². The molecule has 0 aliphatic carbocycles. The summed E-state index contributed by atoms with van der Waals surface area (Å²) in [6.07, 6.45) is -5.36. The van der Waals surface area contributed by atoms with Crippen LogP contribution in [0.5, 0.6) is 0 Å². The maximum absolute atomic E-state index is 9.62. The zero-order valence-corrected chi connectivity index (χ0v) is 9.48. The van der Waals surface area contributed by atoms with Gasteiger partial charge < -0.3 is 29.9 Å². The van der Waals surface area contributed by atoms with E-state index in [0.717, 1.165) is 6.42 Å². The summed E-state index contributed by atoms with van der Waals surface area (Å²) in [6, 6.07) is 0. The predicted octanol–water partition coefficient (Wildman–Crippen LogP) is -1.40. The molecule has 0 amide bonds. The number of ether oxygens (including phenoxy) is 2. The van der Waals surface area contributed by atoms with Crippen molar-refractivity contribution in [3.05, 3.63) is 0 Å². The Bertz CT molecular complexity index is 209. The molecule has 1 fully saturated rings. The van der Waals surface area contributed by atoms with Gasteiger partial charge in [-0.15, -0.1) is 0 Å². The molecule has 1 aliphatic rings. The molecule has 0 aromatic carbocycles. The van der Waals surface area contributed by atoms with Crippen LogP contribution in [-0.4, -0.2) is 63.8 Å². The first-order valence-corrected chi connectivity index (χ1v) is 5.47. The average Bonchev–Trinajstić information content (AvgIpc) is 2.29. The number of rotatable bonds is 4. The summed E-state index contributed by atoms with van der Waals surface area (Å²) in [6.45, 7) is 3.28. The summed E-state index contributed by atoms with van der Waals surface area (Å²) in [5.74, 6) is 0. The third-order valence-electron chi connectivity index (χ3n) is 2.79. The minimum absolute atomic E-state index is 0.138. The molecule has 6 heteroatoms. The number of aliphatic hydroxyl groups excluding tert-OH is 4. The quantitative estimate of drug-likeness (QED) is 0.479. The molecule has 1 rings (SSSR count). The highest BCUT2D eigenvalue weighted by Gasteiger charge is 2.44. The minimum Gasteiger partial charge on any atom is -0.394 e. The minimum atomic E-state index is -1.38. The van der Waals surface area contributed by atoms with Gasteiger partial charge in [-0.25, -0.2) is 0 Å². The van der Waals surface area contributed by atoms with Crippen molar-refractivity contribution in [1.29, 1.82) is 0 Å². The zero-order valence-electron chi connectivity index (χ0n) is 9.48. The van der Waals surface area contributed by atoms with Crippen LogP contribution < -0.4 is 0 Å². The van der Waals surface area contributed by atoms with Crippen LogP contribution in [0.25, 0.3) is 0 Å². The summed E-state index contributed by atoms with van der Waals surface area (Å²) >= 11 is 0. The van der Waals surface area contributed by atoms with E-state index in [0.29, 0.717) is 0 Å². The van der Waals surface area contributed by atoms with Gasteiger partial charge in [0.1, 0.15) is 24.4 Å². The van der Waals surface area contributed by atoms with E-state index in [1.165, 1.54) is 0 Å². The summed E-state index contributed by atoms with van der Waals surface area (Å²) < 4.78 is 10.5. The molecular weight excluding hydrogens is 216 g/mol. The Labute approximate surface area is 94.4 Å². The Morgan fingerprint density at radius 1 is 1.19 bits per heavy atom. The smallest absolute Gasteiger partial charge is 0.186 e. The highest BCUT2D eigenvalue weighted by Crippen LogP contribution is 2.23. The molecule has 6 nitrogen and oxygen atoms in total. The molecule has 6 atom stereocenters. The van der Waals surface area contributed by atoms with Gasteiger partial charge in [0, 0.05) is 0 Å². The van der Waals surface area contributed by atoms with E-state index in [-0.39, 0.29) is 6.10 Å². The molecule has 4 N–H and O–H groups in total. The van der Waals surface area contributed by atoms with E-state index in [4.69, 9.17) is 14.6 Å².